The largest absolute Gasteiger partial charge is 0.423 e. The zero-order valence-electron chi connectivity index (χ0n) is 20.5. The van der Waals surface area contributed by atoms with Crippen LogP contribution in [0, 0.1) is 11.6 Å². The van der Waals surface area contributed by atoms with E-state index in [1.165, 1.54) is 18.3 Å². The summed E-state index contributed by atoms with van der Waals surface area (Å²) in [4.78, 5) is 31.6. The third-order valence-corrected chi connectivity index (χ3v) is 8.16. The SMILES string of the molecule is Nc1c(C(=O)CCc2ccc(F)cc2F)c(=O)n(O)c2ncc(CCS(=O)(=O)CCN3CCOCC3)cc12. The van der Waals surface area contributed by atoms with Crippen LogP contribution >= 0.6 is 0 Å². The first-order chi connectivity index (χ1) is 18.1. The maximum absolute atomic E-state index is 13.9. The van der Waals surface area contributed by atoms with Crippen molar-refractivity contribution in [3.05, 3.63) is 69.1 Å². The van der Waals surface area contributed by atoms with Crippen molar-refractivity contribution in [1.82, 2.24) is 14.6 Å². The molecule has 0 aliphatic carbocycles. The molecule has 1 fully saturated rings. The number of sulfone groups is 1. The summed E-state index contributed by atoms with van der Waals surface area (Å²) < 4.78 is 57.7. The zero-order chi connectivity index (χ0) is 27.4. The summed E-state index contributed by atoms with van der Waals surface area (Å²) in [6.07, 6.45) is 1.02. The second kappa shape index (κ2) is 11.5. The first-order valence-electron chi connectivity index (χ1n) is 12.1. The van der Waals surface area contributed by atoms with Crippen LogP contribution in [0.1, 0.15) is 27.9 Å². The highest BCUT2D eigenvalue weighted by molar-refractivity contribution is 7.91. The van der Waals surface area contributed by atoms with E-state index in [-0.39, 0.29) is 57.8 Å². The second-order valence-corrected chi connectivity index (χ2v) is 11.4. The van der Waals surface area contributed by atoms with Gasteiger partial charge in [0, 0.05) is 43.7 Å². The highest BCUT2D eigenvalue weighted by Gasteiger charge is 2.23. The normalized spacial score (nSPS) is 14.7. The summed E-state index contributed by atoms with van der Waals surface area (Å²) >= 11 is 0. The number of halogens is 2. The lowest BCUT2D eigenvalue weighted by Gasteiger charge is -2.26. The number of aryl methyl sites for hydroxylation is 2. The minimum absolute atomic E-state index is 0.000367. The standard InChI is InChI=1S/C25H28F2N4O6S/c26-18-3-1-17(20(27)14-18)2-4-21(32)22-23(28)19-13-16(15-29-24(19)31(34)25(22)33)5-11-38(35,36)12-8-30-6-9-37-10-7-30/h1,3,13-15,34H,2,4-12,28H2. The Morgan fingerprint density at radius 1 is 1.13 bits per heavy atom. The minimum atomic E-state index is -3.37. The molecular formula is C25H28F2N4O6S. The van der Waals surface area contributed by atoms with Crippen LogP contribution < -0.4 is 11.3 Å². The van der Waals surface area contributed by atoms with Crippen molar-refractivity contribution in [2.24, 2.45) is 0 Å². The van der Waals surface area contributed by atoms with Crippen LogP contribution in [0.5, 0.6) is 0 Å². The molecule has 204 valence electrons. The van der Waals surface area contributed by atoms with Gasteiger partial charge in [0.2, 0.25) is 0 Å². The summed E-state index contributed by atoms with van der Waals surface area (Å²) in [5.74, 6) is -2.46. The molecule has 0 unspecified atom stereocenters. The van der Waals surface area contributed by atoms with Gasteiger partial charge in [-0.15, -0.1) is 4.73 Å². The lowest BCUT2D eigenvalue weighted by atomic mass is 10.0. The van der Waals surface area contributed by atoms with Gasteiger partial charge in [-0.1, -0.05) is 6.07 Å². The fourth-order valence-corrected chi connectivity index (χ4v) is 5.58. The number of nitrogen functional groups attached to an aromatic ring is 1. The molecule has 1 saturated heterocycles. The maximum atomic E-state index is 13.9. The molecule has 0 atom stereocenters. The van der Waals surface area contributed by atoms with Crippen molar-refractivity contribution in [2.45, 2.75) is 19.3 Å². The van der Waals surface area contributed by atoms with Crippen molar-refractivity contribution >= 4 is 32.3 Å². The summed E-state index contributed by atoms with van der Waals surface area (Å²) in [7, 11) is -3.37. The molecule has 10 nitrogen and oxygen atoms in total. The summed E-state index contributed by atoms with van der Waals surface area (Å²) in [6.45, 7) is 2.94. The van der Waals surface area contributed by atoms with Crippen LogP contribution in [0.3, 0.4) is 0 Å². The third kappa shape index (κ3) is 6.34. The van der Waals surface area contributed by atoms with E-state index in [0.717, 1.165) is 6.07 Å². The molecule has 4 rings (SSSR count). The number of hydrogen-bond donors (Lipinski definition) is 2. The number of nitrogens with two attached hydrogens (primary N) is 1. The Morgan fingerprint density at radius 2 is 1.87 bits per heavy atom. The van der Waals surface area contributed by atoms with Crippen molar-refractivity contribution in [1.29, 1.82) is 0 Å². The molecule has 1 aromatic carbocycles. The number of Topliss-reactive ketones (excluding diaryl/α,β-unsaturated/α-hetero) is 1. The number of pyridine rings is 2. The van der Waals surface area contributed by atoms with Crippen molar-refractivity contribution in [3.8, 4) is 0 Å². The number of ketones is 1. The molecule has 38 heavy (non-hydrogen) atoms. The lowest BCUT2D eigenvalue weighted by molar-refractivity contribution is 0.0408. The monoisotopic (exact) mass is 550 g/mol. The highest BCUT2D eigenvalue weighted by Crippen LogP contribution is 2.24. The number of morpholine rings is 1. The average molecular weight is 551 g/mol. The topological polar surface area (TPSA) is 145 Å². The highest BCUT2D eigenvalue weighted by atomic mass is 32.2. The van der Waals surface area contributed by atoms with E-state index in [0.29, 0.717) is 44.5 Å². The number of nitrogens with zero attached hydrogens (tertiary/aromatic N) is 3. The lowest BCUT2D eigenvalue weighted by Crippen LogP contribution is -2.39. The van der Waals surface area contributed by atoms with E-state index < -0.39 is 38.4 Å². The predicted octanol–water partition coefficient (Wildman–Crippen LogP) is 1.60. The Kier molecular flexibility index (Phi) is 8.38. The van der Waals surface area contributed by atoms with Gasteiger partial charge < -0.3 is 15.7 Å². The predicted molar refractivity (Wildman–Crippen MR) is 136 cm³/mol. The Hall–Kier alpha value is -3.42. The average Bonchev–Trinajstić information content (AvgIpc) is 2.90. The number of ether oxygens (including phenoxy) is 1. The zero-order valence-corrected chi connectivity index (χ0v) is 21.3. The van der Waals surface area contributed by atoms with Crippen molar-refractivity contribution in [2.75, 3.05) is 50.1 Å². The summed E-state index contributed by atoms with van der Waals surface area (Å²) in [6, 6.07) is 4.44. The fraction of sp³-hybridized carbons (Fsp3) is 0.400. The smallest absolute Gasteiger partial charge is 0.297 e. The summed E-state index contributed by atoms with van der Waals surface area (Å²) in [5, 5.41) is 10.4. The van der Waals surface area contributed by atoms with Crippen LogP contribution in [0.15, 0.2) is 35.3 Å². The van der Waals surface area contributed by atoms with E-state index in [4.69, 9.17) is 10.5 Å². The molecule has 0 saturated carbocycles. The second-order valence-electron chi connectivity index (χ2n) is 9.14. The number of benzene rings is 1. The molecule has 1 aliphatic heterocycles. The Labute approximate surface area is 217 Å². The van der Waals surface area contributed by atoms with Gasteiger partial charge >= 0.3 is 0 Å². The van der Waals surface area contributed by atoms with Crippen LogP contribution in [0.2, 0.25) is 0 Å². The van der Waals surface area contributed by atoms with Gasteiger partial charge in [-0.3, -0.25) is 14.5 Å². The van der Waals surface area contributed by atoms with Gasteiger partial charge in [-0.2, -0.15) is 0 Å². The molecule has 1 aliphatic rings. The van der Waals surface area contributed by atoms with E-state index in [9.17, 15) is 32.0 Å². The number of carbonyl (C=O) groups excluding carboxylic acids is 1. The summed E-state index contributed by atoms with van der Waals surface area (Å²) in [5.41, 5.74) is 4.75. The molecule has 3 N–H and O–H groups in total. The van der Waals surface area contributed by atoms with Gasteiger partial charge in [0.05, 0.1) is 30.4 Å². The minimum Gasteiger partial charge on any atom is -0.423 e. The molecule has 3 aromatic rings. The molecule has 13 heteroatoms. The Morgan fingerprint density at radius 3 is 2.58 bits per heavy atom. The van der Waals surface area contributed by atoms with Gasteiger partial charge in [0.1, 0.15) is 17.2 Å². The number of hydrogen-bond acceptors (Lipinski definition) is 9. The van der Waals surface area contributed by atoms with E-state index >= 15 is 0 Å². The van der Waals surface area contributed by atoms with Gasteiger partial charge in [0.25, 0.3) is 5.56 Å². The van der Waals surface area contributed by atoms with Crippen LogP contribution in [0.25, 0.3) is 11.0 Å². The maximum Gasteiger partial charge on any atom is 0.297 e. The fourth-order valence-electron chi connectivity index (χ4n) is 4.29. The molecule has 2 aromatic heterocycles. The molecular weight excluding hydrogens is 522 g/mol. The number of rotatable bonds is 10. The van der Waals surface area contributed by atoms with Crippen LogP contribution in [-0.4, -0.2) is 78.4 Å². The Bertz CT molecular complexity index is 1520. The van der Waals surface area contributed by atoms with E-state index in [2.05, 4.69) is 4.98 Å². The van der Waals surface area contributed by atoms with Crippen LogP contribution in [-0.2, 0) is 27.4 Å². The molecule has 3 heterocycles. The first-order valence-corrected chi connectivity index (χ1v) is 13.9. The number of anilines is 1. The van der Waals surface area contributed by atoms with Crippen molar-refractivity contribution < 1.29 is 31.9 Å². The quantitative estimate of drug-likeness (QED) is 0.284. The van der Waals surface area contributed by atoms with E-state index in [1.807, 2.05) is 4.90 Å². The number of carbonyl (C=O) groups is 1. The number of fused-ring (bicyclic) bond motifs is 1. The Balaban J connectivity index is 1.50. The van der Waals surface area contributed by atoms with Crippen molar-refractivity contribution in [3.63, 3.8) is 0 Å². The van der Waals surface area contributed by atoms with Gasteiger partial charge in [-0.05, 0) is 36.1 Å². The van der Waals surface area contributed by atoms with Gasteiger partial charge in [0.15, 0.2) is 21.3 Å². The molecule has 0 spiro atoms. The number of aromatic nitrogens is 2. The first kappa shape index (κ1) is 27.6. The molecule has 0 amide bonds. The van der Waals surface area contributed by atoms with Crippen LogP contribution in [0.4, 0.5) is 14.5 Å². The molecule has 0 radical (unpaired) electrons. The van der Waals surface area contributed by atoms with Gasteiger partial charge in [-0.25, -0.2) is 22.2 Å². The molecule has 0 bridgehead atoms. The third-order valence-electron chi connectivity index (χ3n) is 6.53. The van der Waals surface area contributed by atoms with E-state index in [1.54, 1.807) is 0 Å².